The maximum absolute atomic E-state index is 11.3. The fraction of sp³-hybridized carbons (Fsp3) is 0.294. The summed E-state index contributed by atoms with van der Waals surface area (Å²) in [5.41, 5.74) is 5.46. The summed E-state index contributed by atoms with van der Waals surface area (Å²) in [6.45, 7) is 5.33. The molecule has 0 saturated carbocycles. The molecule has 0 aliphatic carbocycles. The Labute approximate surface area is 129 Å². The molecule has 0 fully saturated rings. The molecule has 5 heteroatoms. The molecule has 1 aromatic heterocycles. The molecule has 22 heavy (non-hydrogen) atoms. The number of aromatic amines is 1. The second-order valence-corrected chi connectivity index (χ2v) is 5.73. The standard InChI is InChI=1S/C17H19N3O2/c1-11-5-6-12(2)14(8-11)16-13(9-18-19-16)10-20-7-3-4-15(20)17(21)22/h3-6,8-9,15H,7,10H2,1-2H3,(H,18,19)(H,21,22)/t15-/m1/s1. The van der Waals surface area contributed by atoms with Crippen LogP contribution in [0.15, 0.2) is 36.5 Å². The molecular formula is C17H19N3O2. The van der Waals surface area contributed by atoms with E-state index in [9.17, 15) is 9.90 Å². The Morgan fingerprint density at radius 1 is 1.45 bits per heavy atom. The molecule has 0 radical (unpaired) electrons. The van der Waals surface area contributed by atoms with Gasteiger partial charge in [0.05, 0.1) is 11.9 Å². The van der Waals surface area contributed by atoms with Crippen molar-refractivity contribution in [2.45, 2.75) is 26.4 Å². The van der Waals surface area contributed by atoms with Gasteiger partial charge in [-0.2, -0.15) is 5.10 Å². The number of hydrogen-bond acceptors (Lipinski definition) is 3. The number of H-pyrrole nitrogens is 1. The van der Waals surface area contributed by atoms with Crippen LogP contribution in [0.25, 0.3) is 11.3 Å². The average Bonchev–Trinajstić information content (AvgIpc) is 3.11. The summed E-state index contributed by atoms with van der Waals surface area (Å²) in [4.78, 5) is 13.2. The van der Waals surface area contributed by atoms with E-state index >= 15 is 0 Å². The van der Waals surface area contributed by atoms with Gasteiger partial charge in [0.25, 0.3) is 0 Å². The van der Waals surface area contributed by atoms with Crippen LogP contribution in [0, 0.1) is 13.8 Å². The van der Waals surface area contributed by atoms with Gasteiger partial charge >= 0.3 is 5.97 Å². The number of carboxylic acids is 1. The molecule has 2 N–H and O–H groups in total. The van der Waals surface area contributed by atoms with Crippen LogP contribution < -0.4 is 0 Å². The monoisotopic (exact) mass is 297 g/mol. The van der Waals surface area contributed by atoms with Crippen LogP contribution in [0.5, 0.6) is 0 Å². The van der Waals surface area contributed by atoms with E-state index in [-0.39, 0.29) is 0 Å². The van der Waals surface area contributed by atoms with E-state index in [1.165, 1.54) is 11.1 Å². The van der Waals surface area contributed by atoms with Gasteiger partial charge in [0, 0.05) is 24.2 Å². The van der Waals surface area contributed by atoms with Crippen LogP contribution in [0.2, 0.25) is 0 Å². The van der Waals surface area contributed by atoms with Gasteiger partial charge in [-0.3, -0.25) is 14.8 Å². The van der Waals surface area contributed by atoms with Gasteiger partial charge < -0.3 is 5.11 Å². The number of rotatable bonds is 4. The number of aliphatic carboxylic acids is 1. The molecule has 0 amide bonds. The van der Waals surface area contributed by atoms with E-state index in [1.807, 2.05) is 11.0 Å². The molecular weight excluding hydrogens is 278 g/mol. The van der Waals surface area contributed by atoms with Gasteiger partial charge in [0.2, 0.25) is 0 Å². The van der Waals surface area contributed by atoms with Crippen molar-refractivity contribution in [2.24, 2.45) is 0 Å². The van der Waals surface area contributed by atoms with Crippen molar-refractivity contribution < 1.29 is 9.90 Å². The number of nitrogens with one attached hydrogen (secondary N) is 1. The molecule has 5 nitrogen and oxygen atoms in total. The van der Waals surface area contributed by atoms with Crippen molar-refractivity contribution in [1.29, 1.82) is 0 Å². The lowest BCUT2D eigenvalue weighted by molar-refractivity contribution is -0.141. The highest BCUT2D eigenvalue weighted by Gasteiger charge is 2.27. The minimum absolute atomic E-state index is 0.554. The van der Waals surface area contributed by atoms with Crippen LogP contribution in [0.4, 0.5) is 0 Å². The molecule has 1 aromatic carbocycles. The van der Waals surface area contributed by atoms with Crippen LogP contribution in [-0.4, -0.2) is 38.8 Å². The van der Waals surface area contributed by atoms with Gasteiger partial charge in [-0.1, -0.05) is 29.8 Å². The second-order valence-electron chi connectivity index (χ2n) is 5.73. The van der Waals surface area contributed by atoms with Gasteiger partial charge in [-0.25, -0.2) is 0 Å². The van der Waals surface area contributed by atoms with Crippen molar-refractivity contribution in [3.8, 4) is 11.3 Å². The van der Waals surface area contributed by atoms with Gasteiger partial charge in [-0.05, 0) is 25.5 Å². The third-order valence-electron chi connectivity index (χ3n) is 4.06. The zero-order chi connectivity index (χ0) is 15.7. The molecule has 1 aliphatic rings. The molecule has 1 atom stereocenters. The Morgan fingerprint density at radius 2 is 2.27 bits per heavy atom. The second kappa shape index (κ2) is 5.77. The predicted molar refractivity (Wildman–Crippen MR) is 84.5 cm³/mol. The molecule has 0 saturated heterocycles. The van der Waals surface area contributed by atoms with Crippen LogP contribution in [0.3, 0.4) is 0 Å². The summed E-state index contributed by atoms with van der Waals surface area (Å²) in [5.74, 6) is -0.814. The maximum Gasteiger partial charge on any atom is 0.324 e. The zero-order valence-electron chi connectivity index (χ0n) is 12.7. The summed E-state index contributed by atoms with van der Waals surface area (Å²) in [5, 5.41) is 16.5. The molecule has 0 spiro atoms. The minimum Gasteiger partial charge on any atom is -0.480 e. The van der Waals surface area contributed by atoms with E-state index in [0.717, 1.165) is 16.8 Å². The van der Waals surface area contributed by atoms with E-state index in [4.69, 9.17) is 0 Å². The Balaban J connectivity index is 1.90. The van der Waals surface area contributed by atoms with Gasteiger partial charge in [0.15, 0.2) is 0 Å². The third-order valence-corrected chi connectivity index (χ3v) is 4.06. The lowest BCUT2D eigenvalue weighted by atomic mass is 10.00. The highest BCUT2D eigenvalue weighted by molar-refractivity contribution is 5.76. The topological polar surface area (TPSA) is 69.2 Å². The molecule has 0 bridgehead atoms. The molecule has 1 aliphatic heterocycles. The Kier molecular flexibility index (Phi) is 3.81. The molecule has 114 valence electrons. The summed E-state index contributed by atoms with van der Waals surface area (Å²) < 4.78 is 0. The summed E-state index contributed by atoms with van der Waals surface area (Å²) >= 11 is 0. The first-order chi connectivity index (χ1) is 10.6. The number of aromatic nitrogens is 2. The van der Waals surface area contributed by atoms with Crippen molar-refractivity contribution >= 4 is 5.97 Å². The molecule has 3 rings (SSSR count). The minimum atomic E-state index is -0.814. The number of benzene rings is 1. The number of nitrogens with zero attached hydrogens (tertiary/aromatic N) is 2. The van der Waals surface area contributed by atoms with Crippen molar-refractivity contribution in [2.75, 3.05) is 6.54 Å². The first-order valence-corrected chi connectivity index (χ1v) is 7.29. The number of carbonyl (C=O) groups is 1. The van der Waals surface area contributed by atoms with Crippen molar-refractivity contribution in [3.63, 3.8) is 0 Å². The van der Waals surface area contributed by atoms with Crippen molar-refractivity contribution in [3.05, 3.63) is 53.2 Å². The van der Waals surface area contributed by atoms with Crippen LogP contribution in [0.1, 0.15) is 16.7 Å². The fourth-order valence-electron chi connectivity index (χ4n) is 2.85. The maximum atomic E-state index is 11.3. The molecule has 2 aromatic rings. The Hall–Kier alpha value is -2.40. The van der Waals surface area contributed by atoms with Crippen LogP contribution >= 0.6 is 0 Å². The zero-order valence-corrected chi connectivity index (χ0v) is 12.7. The van der Waals surface area contributed by atoms with Crippen molar-refractivity contribution in [1.82, 2.24) is 15.1 Å². The average molecular weight is 297 g/mol. The highest BCUT2D eigenvalue weighted by Crippen LogP contribution is 2.27. The Bertz CT molecular complexity index is 733. The largest absolute Gasteiger partial charge is 0.480 e. The quantitative estimate of drug-likeness (QED) is 0.851. The van der Waals surface area contributed by atoms with Crippen LogP contribution in [-0.2, 0) is 11.3 Å². The van der Waals surface area contributed by atoms with E-state index < -0.39 is 12.0 Å². The summed E-state index contributed by atoms with van der Waals surface area (Å²) in [7, 11) is 0. The lowest BCUT2D eigenvalue weighted by Crippen LogP contribution is -2.35. The summed E-state index contributed by atoms with van der Waals surface area (Å²) in [6.07, 6.45) is 5.42. The van der Waals surface area contributed by atoms with E-state index in [1.54, 1.807) is 12.3 Å². The number of aryl methyl sites for hydroxylation is 2. The van der Waals surface area contributed by atoms with E-state index in [2.05, 4.69) is 42.2 Å². The smallest absolute Gasteiger partial charge is 0.324 e. The number of hydrogen-bond donors (Lipinski definition) is 2. The molecule has 2 heterocycles. The normalized spacial score (nSPS) is 18.0. The third kappa shape index (κ3) is 2.67. The SMILES string of the molecule is Cc1ccc(C)c(-c2[nH]ncc2CN2CC=C[C@@H]2C(=O)O)c1. The van der Waals surface area contributed by atoms with Gasteiger partial charge in [-0.15, -0.1) is 0 Å². The summed E-state index contributed by atoms with van der Waals surface area (Å²) in [6, 6.07) is 5.75. The fourth-order valence-corrected chi connectivity index (χ4v) is 2.85. The first-order valence-electron chi connectivity index (χ1n) is 7.29. The van der Waals surface area contributed by atoms with E-state index in [0.29, 0.717) is 13.1 Å². The predicted octanol–water partition coefficient (Wildman–Crippen LogP) is 2.52. The first kappa shape index (κ1) is 14.5. The highest BCUT2D eigenvalue weighted by atomic mass is 16.4. The number of carboxylic acid groups (broad SMARTS) is 1. The Morgan fingerprint density at radius 3 is 3.05 bits per heavy atom. The molecule has 0 unspecified atom stereocenters. The lowest BCUT2D eigenvalue weighted by Gasteiger charge is -2.21. The van der Waals surface area contributed by atoms with Gasteiger partial charge in [0.1, 0.15) is 6.04 Å².